The van der Waals surface area contributed by atoms with Gasteiger partial charge in [-0.1, -0.05) is 17.7 Å². The van der Waals surface area contributed by atoms with Gasteiger partial charge in [-0.3, -0.25) is 11.2 Å². The first-order chi connectivity index (χ1) is 5.33. The zero-order chi connectivity index (χ0) is 8.10. The number of aryl methyl sites for hydroxylation is 1. The molecule has 0 saturated carbocycles. The Hall–Kier alpha value is -1.00. The van der Waals surface area contributed by atoms with E-state index in [-0.39, 0.29) is 0 Å². The topological polar surface area (TPSA) is 0 Å². The second kappa shape index (κ2) is 4.00. The standard InChI is InChI=1S/C10H9S/c1-3-8-11-10-6-4-9(2)5-7-10/h4-7H,1H2,2H3/q-1. The zero-order valence-electron chi connectivity index (χ0n) is 6.42. The highest BCUT2D eigenvalue weighted by atomic mass is 32.2. The first-order valence-electron chi connectivity index (χ1n) is 3.33. The molecule has 0 atom stereocenters. The molecule has 0 amide bonds. The van der Waals surface area contributed by atoms with Crippen LogP contribution in [0.1, 0.15) is 5.56 Å². The van der Waals surface area contributed by atoms with Crippen LogP contribution in [0, 0.1) is 25.0 Å². The van der Waals surface area contributed by atoms with E-state index in [4.69, 9.17) is 0 Å². The van der Waals surface area contributed by atoms with E-state index in [2.05, 4.69) is 49.3 Å². The lowest BCUT2D eigenvalue weighted by Crippen LogP contribution is -1.70. The summed E-state index contributed by atoms with van der Waals surface area (Å²) in [6.07, 6.45) is 0. The van der Waals surface area contributed by atoms with Crippen molar-refractivity contribution in [3.05, 3.63) is 36.8 Å². The van der Waals surface area contributed by atoms with Crippen LogP contribution in [0.25, 0.3) is 0 Å². The highest BCUT2D eigenvalue weighted by molar-refractivity contribution is 8.03. The summed E-state index contributed by atoms with van der Waals surface area (Å²) >= 11 is 1.51. The lowest BCUT2D eigenvalue weighted by atomic mass is 10.2. The number of benzene rings is 1. The van der Waals surface area contributed by atoms with Crippen LogP contribution in [0.2, 0.25) is 0 Å². The van der Waals surface area contributed by atoms with E-state index in [1.54, 1.807) is 0 Å². The van der Waals surface area contributed by atoms with Crippen molar-refractivity contribution < 1.29 is 0 Å². The molecule has 11 heavy (non-hydrogen) atoms. The molecule has 0 aliphatic carbocycles. The van der Waals surface area contributed by atoms with Gasteiger partial charge in [0.05, 0.1) is 0 Å². The molecule has 1 rings (SSSR count). The Labute approximate surface area is 72.0 Å². The fourth-order valence-corrected chi connectivity index (χ4v) is 1.16. The average molecular weight is 161 g/mol. The van der Waals surface area contributed by atoms with E-state index < -0.39 is 0 Å². The molecule has 0 spiro atoms. The molecular weight excluding hydrogens is 152 g/mol. The van der Waals surface area contributed by atoms with Crippen molar-refractivity contribution in [1.82, 2.24) is 0 Å². The van der Waals surface area contributed by atoms with Crippen LogP contribution in [0.5, 0.6) is 0 Å². The number of hydrogen-bond acceptors (Lipinski definition) is 1. The van der Waals surface area contributed by atoms with Crippen LogP contribution in [0.4, 0.5) is 0 Å². The summed E-state index contributed by atoms with van der Waals surface area (Å²) in [5, 5.41) is 2.84. The second-order valence-corrected chi connectivity index (χ2v) is 3.07. The van der Waals surface area contributed by atoms with Gasteiger partial charge in [0.25, 0.3) is 0 Å². The monoisotopic (exact) mass is 161 g/mol. The molecule has 0 aliphatic rings. The van der Waals surface area contributed by atoms with Gasteiger partial charge in [-0.2, -0.15) is 18.7 Å². The minimum Gasteiger partial charge on any atom is -0.286 e. The SMILES string of the molecule is [CH2-]C#CSc1ccc(C)cc1. The average Bonchev–Trinajstić information content (AvgIpc) is 2.04. The quantitative estimate of drug-likeness (QED) is 0.347. The first-order valence-corrected chi connectivity index (χ1v) is 4.15. The number of rotatable bonds is 1. The lowest BCUT2D eigenvalue weighted by molar-refractivity contribution is 1.38. The van der Waals surface area contributed by atoms with Crippen LogP contribution in [-0.4, -0.2) is 0 Å². The van der Waals surface area contributed by atoms with E-state index >= 15 is 0 Å². The molecule has 1 heteroatoms. The third-order valence-corrected chi connectivity index (χ3v) is 2.02. The predicted molar refractivity (Wildman–Crippen MR) is 50.2 cm³/mol. The molecule has 0 bridgehead atoms. The molecule has 1 aromatic carbocycles. The first kappa shape index (κ1) is 8.10. The summed E-state index contributed by atoms with van der Waals surface area (Å²) in [4.78, 5) is 1.17. The number of thioether (sulfide) groups is 1. The third kappa shape index (κ3) is 2.61. The summed E-state index contributed by atoms with van der Waals surface area (Å²) in [6.45, 7) is 5.51. The van der Waals surface area contributed by atoms with Crippen molar-refractivity contribution >= 4 is 11.8 Å². The Bertz CT molecular complexity index is 274. The van der Waals surface area contributed by atoms with E-state index in [1.165, 1.54) is 22.2 Å². The Morgan fingerprint density at radius 2 is 1.91 bits per heavy atom. The Morgan fingerprint density at radius 1 is 1.27 bits per heavy atom. The maximum absolute atomic E-state index is 3.44. The summed E-state index contributed by atoms with van der Waals surface area (Å²) in [7, 11) is 0. The zero-order valence-corrected chi connectivity index (χ0v) is 7.24. The smallest absolute Gasteiger partial charge is 0.0000915 e. The fourth-order valence-electron chi connectivity index (χ4n) is 0.701. The van der Waals surface area contributed by atoms with Gasteiger partial charge >= 0.3 is 0 Å². The molecule has 0 fully saturated rings. The molecule has 0 nitrogen and oxygen atoms in total. The predicted octanol–water partition coefficient (Wildman–Crippen LogP) is 2.88. The van der Waals surface area contributed by atoms with E-state index in [1.807, 2.05) is 0 Å². The van der Waals surface area contributed by atoms with Crippen LogP contribution in [0.3, 0.4) is 0 Å². The summed E-state index contributed by atoms with van der Waals surface area (Å²) in [5.41, 5.74) is 1.27. The molecule has 0 N–H and O–H groups in total. The third-order valence-electron chi connectivity index (χ3n) is 1.26. The largest absolute Gasteiger partial charge is 0.286 e. The van der Waals surface area contributed by atoms with Crippen LogP contribution in [0.15, 0.2) is 29.2 Å². The van der Waals surface area contributed by atoms with Crippen LogP contribution in [-0.2, 0) is 0 Å². The Balaban J connectivity index is 2.71. The van der Waals surface area contributed by atoms with E-state index in [0.717, 1.165) is 0 Å². The molecule has 0 saturated heterocycles. The molecule has 0 heterocycles. The summed E-state index contributed by atoms with van der Waals surface area (Å²) in [6, 6.07) is 8.27. The molecule has 0 radical (unpaired) electrons. The van der Waals surface area contributed by atoms with E-state index in [9.17, 15) is 0 Å². The maximum Gasteiger partial charge on any atom is -0.0000915 e. The molecular formula is C10H9S-. The normalized spacial score (nSPS) is 8.45. The Morgan fingerprint density at radius 3 is 2.45 bits per heavy atom. The minimum absolute atomic E-state index is 1.17. The summed E-state index contributed by atoms with van der Waals surface area (Å²) in [5.74, 6) is 2.59. The maximum atomic E-state index is 3.44. The molecule has 0 aromatic heterocycles. The van der Waals surface area contributed by atoms with Crippen LogP contribution >= 0.6 is 11.8 Å². The highest BCUT2D eigenvalue weighted by Crippen LogP contribution is 2.16. The van der Waals surface area contributed by atoms with Crippen molar-refractivity contribution in [2.24, 2.45) is 0 Å². The van der Waals surface area contributed by atoms with Gasteiger partial charge in [-0.05, 0) is 24.0 Å². The van der Waals surface area contributed by atoms with Gasteiger partial charge in [0.1, 0.15) is 0 Å². The van der Waals surface area contributed by atoms with Crippen molar-refractivity contribution in [2.45, 2.75) is 11.8 Å². The van der Waals surface area contributed by atoms with Crippen molar-refractivity contribution in [1.29, 1.82) is 0 Å². The molecule has 1 aromatic rings. The van der Waals surface area contributed by atoms with Gasteiger partial charge in [-0.25, -0.2) is 0 Å². The van der Waals surface area contributed by atoms with Gasteiger partial charge in [0.2, 0.25) is 0 Å². The minimum atomic E-state index is 1.17. The lowest BCUT2D eigenvalue weighted by Gasteiger charge is -1.97. The van der Waals surface area contributed by atoms with Gasteiger partial charge in [0.15, 0.2) is 0 Å². The van der Waals surface area contributed by atoms with Gasteiger partial charge in [-0.15, -0.1) is 0 Å². The number of hydrogen-bond donors (Lipinski definition) is 0. The highest BCUT2D eigenvalue weighted by Gasteiger charge is 1.84. The molecule has 0 unspecified atom stereocenters. The molecule has 56 valence electrons. The van der Waals surface area contributed by atoms with Crippen LogP contribution < -0.4 is 0 Å². The van der Waals surface area contributed by atoms with Crippen molar-refractivity contribution in [2.75, 3.05) is 0 Å². The van der Waals surface area contributed by atoms with Crippen molar-refractivity contribution in [3.63, 3.8) is 0 Å². The summed E-state index contributed by atoms with van der Waals surface area (Å²) < 4.78 is 0. The molecule has 0 aliphatic heterocycles. The Kier molecular flexibility index (Phi) is 2.95. The van der Waals surface area contributed by atoms with E-state index in [0.29, 0.717) is 0 Å². The van der Waals surface area contributed by atoms with Gasteiger partial charge in [0, 0.05) is 0 Å². The van der Waals surface area contributed by atoms with Crippen molar-refractivity contribution in [3.8, 4) is 11.2 Å². The second-order valence-electron chi connectivity index (χ2n) is 2.19. The van der Waals surface area contributed by atoms with Gasteiger partial charge < -0.3 is 0 Å². The fraction of sp³-hybridized carbons (Fsp3) is 0.100.